The Morgan fingerprint density at radius 3 is 2.59 bits per heavy atom. The van der Waals surface area contributed by atoms with E-state index in [4.69, 9.17) is 5.11 Å². The van der Waals surface area contributed by atoms with Gasteiger partial charge in [-0.3, -0.25) is 0 Å². The topological polar surface area (TPSA) is 66.4 Å². The van der Waals surface area contributed by atoms with Crippen molar-refractivity contribution in [2.45, 2.75) is 23.7 Å². The molecule has 0 aliphatic rings. The van der Waals surface area contributed by atoms with Gasteiger partial charge in [0.1, 0.15) is 0 Å². The molecule has 0 saturated carbocycles. The highest BCUT2D eigenvalue weighted by molar-refractivity contribution is 9.10. The Balaban J connectivity index is 1.98. The van der Waals surface area contributed by atoms with Gasteiger partial charge >= 0.3 is 0 Å². The van der Waals surface area contributed by atoms with E-state index in [1.54, 1.807) is 35.6 Å². The second kappa shape index (κ2) is 8.21. The number of hydrogen-bond donors (Lipinski definition) is 2. The van der Waals surface area contributed by atoms with Gasteiger partial charge in [-0.05, 0) is 58.3 Å². The third-order valence-electron chi connectivity index (χ3n) is 3.33. The largest absolute Gasteiger partial charge is 0.396 e. The summed E-state index contributed by atoms with van der Waals surface area (Å²) in [6, 6.07) is 10.7. The first-order valence-electron chi connectivity index (χ1n) is 6.93. The lowest BCUT2D eigenvalue weighted by Crippen LogP contribution is -2.26. The maximum atomic E-state index is 12.3. The van der Waals surface area contributed by atoms with Crippen molar-refractivity contribution in [2.75, 3.05) is 13.2 Å². The van der Waals surface area contributed by atoms with Crippen LogP contribution in [0.3, 0.4) is 0 Å². The molecule has 22 heavy (non-hydrogen) atoms. The van der Waals surface area contributed by atoms with Gasteiger partial charge < -0.3 is 5.11 Å². The zero-order chi connectivity index (χ0) is 16.0. The lowest BCUT2D eigenvalue weighted by Gasteiger charge is -2.15. The Kier molecular flexibility index (Phi) is 6.58. The normalized spacial score (nSPS) is 13.2. The molecule has 0 fully saturated rings. The Morgan fingerprint density at radius 1 is 1.18 bits per heavy atom. The monoisotopic (exact) mass is 403 g/mol. The second-order valence-electron chi connectivity index (χ2n) is 4.84. The molecule has 0 aliphatic heterocycles. The zero-order valence-corrected chi connectivity index (χ0v) is 15.1. The summed E-state index contributed by atoms with van der Waals surface area (Å²) in [7, 11) is -3.53. The molecule has 0 amide bonds. The van der Waals surface area contributed by atoms with Gasteiger partial charge in [-0.25, -0.2) is 13.1 Å². The van der Waals surface area contributed by atoms with Gasteiger partial charge in [0.2, 0.25) is 10.0 Å². The quantitative estimate of drug-likeness (QED) is 0.709. The molecular formula is C15H18BrNO3S2. The molecule has 1 aromatic heterocycles. The van der Waals surface area contributed by atoms with Crippen molar-refractivity contribution < 1.29 is 13.5 Å². The van der Waals surface area contributed by atoms with Crippen molar-refractivity contribution in [2.24, 2.45) is 0 Å². The fourth-order valence-electron chi connectivity index (χ4n) is 2.22. The fraction of sp³-hybridized carbons (Fsp3) is 0.333. The van der Waals surface area contributed by atoms with Crippen molar-refractivity contribution in [3.8, 4) is 0 Å². The van der Waals surface area contributed by atoms with Crippen LogP contribution in [-0.2, 0) is 10.0 Å². The highest BCUT2D eigenvalue weighted by Crippen LogP contribution is 2.27. The summed E-state index contributed by atoms with van der Waals surface area (Å²) in [5.41, 5.74) is 0. The van der Waals surface area contributed by atoms with Crippen LogP contribution in [0.2, 0.25) is 0 Å². The van der Waals surface area contributed by atoms with Crippen LogP contribution in [0.25, 0.3) is 0 Å². The van der Waals surface area contributed by atoms with E-state index in [2.05, 4.69) is 20.7 Å². The maximum absolute atomic E-state index is 12.3. The maximum Gasteiger partial charge on any atom is 0.241 e. The molecule has 1 heterocycles. The highest BCUT2D eigenvalue weighted by Gasteiger charge is 2.18. The minimum absolute atomic E-state index is 0.0968. The van der Waals surface area contributed by atoms with E-state index in [0.29, 0.717) is 23.9 Å². The van der Waals surface area contributed by atoms with Gasteiger partial charge in [-0.1, -0.05) is 18.2 Å². The smallest absolute Gasteiger partial charge is 0.241 e. The van der Waals surface area contributed by atoms with E-state index < -0.39 is 10.0 Å². The average Bonchev–Trinajstić information content (AvgIpc) is 3.00. The number of thiophene rings is 1. The number of nitrogens with one attached hydrogen (secondary N) is 1. The fourth-order valence-corrected chi connectivity index (χ4v) is 5.16. The first kappa shape index (κ1) is 17.6. The molecule has 1 aromatic carbocycles. The van der Waals surface area contributed by atoms with Crippen molar-refractivity contribution in [3.63, 3.8) is 0 Å². The van der Waals surface area contributed by atoms with Crippen molar-refractivity contribution in [1.82, 2.24) is 4.72 Å². The SMILES string of the molecule is O=S(=O)(NCCC(CCO)c1cccs1)c1ccccc1Br. The summed E-state index contributed by atoms with van der Waals surface area (Å²) in [5.74, 6) is 0.173. The molecule has 7 heteroatoms. The molecule has 2 rings (SSSR count). The summed E-state index contributed by atoms with van der Waals surface area (Å²) in [6.45, 7) is 0.436. The van der Waals surface area contributed by atoms with Crippen LogP contribution in [0.1, 0.15) is 23.6 Å². The summed E-state index contributed by atoms with van der Waals surface area (Å²) in [6.07, 6.45) is 1.29. The van der Waals surface area contributed by atoms with Crippen molar-refractivity contribution in [1.29, 1.82) is 0 Å². The van der Waals surface area contributed by atoms with E-state index in [9.17, 15) is 8.42 Å². The molecule has 0 saturated heterocycles. The summed E-state index contributed by atoms with van der Waals surface area (Å²) < 4.78 is 27.8. The summed E-state index contributed by atoms with van der Waals surface area (Å²) in [5, 5.41) is 11.2. The van der Waals surface area contributed by atoms with Gasteiger partial charge in [0.05, 0.1) is 4.90 Å². The number of aliphatic hydroxyl groups is 1. The summed E-state index contributed by atoms with van der Waals surface area (Å²) in [4.78, 5) is 1.42. The first-order valence-corrected chi connectivity index (χ1v) is 10.1. The number of rotatable bonds is 8. The van der Waals surface area contributed by atoms with E-state index in [1.165, 1.54) is 4.88 Å². The lowest BCUT2D eigenvalue weighted by atomic mass is 10.0. The Labute approximate surface area is 143 Å². The number of sulfonamides is 1. The number of benzene rings is 1. The van der Waals surface area contributed by atoms with E-state index in [-0.39, 0.29) is 17.4 Å². The van der Waals surface area contributed by atoms with Crippen molar-refractivity contribution in [3.05, 3.63) is 51.1 Å². The van der Waals surface area contributed by atoms with Gasteiger partial charge in [0, 0.05) is 22.5 Å². The number of halogens is 1. The molecule has 4 nitrogen and oxygen atoms in total. The zero-order valence-electron chi connectivity index (χ0n) is 11.9. The van der Waals surface area contributed by atoms with E-state index in [0.717, 1.165) is 0 Å². The lowest BCUT2D eigenvalue weighted by molar-refractivity contribution is 0.273. The van der Waals surface area contributed by atoms with E-state index in [1.807, 2.05) is 17.5 Å². The van der Waals surface area contributed by atoms with Gasteiger partial charge in [0.25, 0.3) is 0 Å². The van der Waals surface area contributed by atoms with Crippen LogP contribution in [0.15, 0.2) is 51.1 Å². The van der Waals surface area contributed by atoms with Crippen LogP contribution >= 0.6 is 27.3 Å². The highest BCUT2D eigenvalue weighted by atomic mass is 79.9. The minimum Gasteiger partial charge on any atom is -0.396 e. The standard InChI is InChI=1S/C15H18BrNO3S2/c16-13-4-1-2-6-15(13)22(19,20)17-9-7-12(8-10-18)14-5-3-11-21-14/h1-6,11-12,17-18H,7-10H2. The predicted octanol–water partition coefficient (Wildman–Crippen LogP) is 3.35. The Morgan fingerprint density at radius 2 is 1.95 bits per heavy atom. The molecule has 0 radical (unpaired) electrons. The van der Waals surface area contributed by atoms with Gasteiger partial charge in [0.15, 0.2) is 0 Å². The minimum atomic E-state index is -3.53. The molecule has 0 spiro atoms. The number of hydrogen-bond acceptors (Lipinski definition) is 4. The van der Waals surface area contributed by atoms with Crippen LogP contribution in [0.5, 0.6) is 0 Å². The molecule has 0 aliphatic carbocycles. The van der Waals surface area contributed by atoms with Crippen LogP contribution in [0.4, 0.5) is 0 Å². The molecule has 2 N–H and O–H groups in total. The molecule has 0 bridgehead atoms. The Hall–Kier alpha value is -0.730. The van der Waals surface area contributed by atoms with Crippen LogP contribution in [-0.4, -0.2) is 26.7 Å². The molecule has 1 atom stereocenters. The molecule has 2 aromatic rings. The van der Waals surface area contributed by atoms with Gasteiger partial charge in [-0.2, -0.15) is 0 Å². The predicted molar refractivity (Wildman–Crippen MR) is 92.7 cm³/mol. The van der Waals surface area contributed by atoms with Crippen molar-refractivity contribution >= 4 is 37.3 Å². The molecule has 120 valence electrons. The van der Waals surface area contributed by atoms with Gasteiger partial charge in [-0.15, -0.1) is 11.3 Å². The summed E-state index contributed by atoms with van der Waals surface area (Å²) >= 11 is 4.89. The third kappa shape index (κ3) is 4.63. The Bertz CT molecular complexity index is 687. The average molecular weight is 404 g/mol. The molecule has 1 unspecified atom stereocenters. The number of aliphatic hydroxyl groups excluding tert-OH is 1. The van der Waals surface area contributed by atoms with E-state index >= 15 is 0 Å². The third-order valence-corrected chi connectivity index (χ3v) is 6.84. The molecular weight excluding hydrogens is 386 g/mol. The van der Waals surface area contributed by atoms with Crippen LogP contribution < -0.4 is 4.72 Å². The van der Waals surface area contributed by atoms with Crippen LogP contribution in [0, 0.1) is 0 Å². The second-order valence-corrected chi connectivity index (χ2v) is 8.41. The first-order chi connectivity index (χ1) is 10.5.